The summed E-state index contributed by atoms with van der Waals surface area (Å²) in [5.74, 6) is 0. The highest BCUT2D eigenvalue weighted by Gasteiger charge is 2.23. The highest BCUT2D eigenvalue weighted by molar-refractivity contribution is 7.94. The van der Waals surface area contributed by atoms with E-state index in [0.717, 1.165) is 15.6 Å². The number of nitrogens with two attached hydrogens (primary N) is 1. The van der Waals surface area contributed by atoms with Crippen LogP contribution < -0.4 is 10.0 Å². The van der Waals surface area contributed by atoms with Crippen molar-refractivity contribution in [3.8, 4) is 0 Å². The van der Waals surface area contributed by atoms with Crippen LogP contribution in [0.25, 0.3) is 0 Å². The number of rotatable bonds is 3. The molecule has 0 spiro atoms. The maximum atomic E-state index is 12.3. The van der Waals surface area contributed by atoms with E-state index in [1.807, 2.05) is 0 Å². The summed E-state index contributed by atoms with van der Waals surface area (Å²) in [7, 11) is -2.12. The summed E-state index contributed by atoms with van der Waals surface area (Å²) < 4.78 is 26.0. The molecule has 0 radical (unpaired) electrons. The average molecular weight is 303 g/mol. The Balaban J connectivity index is 2.49. The monoisotopic (exact) mass is 302 g/mol. The van der Waals surface area contributed by atoms with Gasteiger partial charge in [-0.2, -0.15) is 0 Å². The number of hydrogen-bond acceptors (Lipinski definition) is 4. The van der Waals surface area contributed by atoms with Crippen LogP contribution in [0.15, 0.2) is 39.9 Å². The van der Waals surface area contributed by atoms with E-state index in [-0.39, 0.29) is 4.21 Å². The molecule has 1 aromatic heterocycles. The largest absolute Gasteiger partial charge is 0.397 e. The van der Waals surface area contributed by atoms with Crippen LogP contribution in [0.5, 0.6) is 0 Å². The molecule has 0 amide bonds. The van der Waals surface area contributed by atoms with Crippen LogP contribution in [0.3, 0.4) is 0 Å². The van der Waals surface area contributed by atoms with E-state index in [2.05, 4.69) is 0 Å². The molecule has 0 aliphatic rings. The SMILES string of the molecule is CN(c1cc(Cl)ccc1N)S(=O)(=O)c1cccs1. The molecule has 0 atom stereocenters. The molecule has 0 aliphatic carbocycles. The fourth-order valence-corrected chi connectivity index (χ4v) is 4.00. The first-order valence-corrected chi connectivity index (χ1v) is 7.70. The van der Waals surface area contributed by atoms with E-state index >= 15 is 0 Å². The van der Waals surface area contributed by atoms with Crippen molar-refractivity contribution in [2.45, 2.75) is 4.21 Å². The number of halogens is 1. The van der Waals surface area contributed by atoms with Crippen LogP contribution in [0.1, 0.15) is 0 Å². The molecule has 18 heavy (non-hydrogen) atoms. The van der Waals surface area contributed by atoms with E-state index in [1.165, 1.54) is 13.1 Å². The van der Waals surface area contributed by atoms with Crippen molar-refractivity contribution >= 4 is 44.3 Å². The maximum absolute atomic E-state index is 12.3. The van der Waals surface area contributed by atoms with Gasteiger partial charge in [0.1, 0.15) is 4.21 Å². The first-order chi connectivity index (χ1) is 8.43. The minimum Gasteiger partial charge on any atom is -0.397 e. The van der Waals surface area contributed by atoms with Gasteiger partial charge in [-0.3, -0.25) is 4.31 Å². The number of sulfonamides is 1. The third-order valence-corrected chi connectivity index (χ3v) is 5.82. The van der Waals surface area contributed by atoms with Gasteiger partial charge in [0.25, 0.3) is 10.0 Å². The second-order valence-electron chi connectivity index (χ2n) is 3.61. The summed E-state index contributed by atoms with van der Waals surface area (Å²) >= 11 is 7.02. The van der Waals surface area contributed by atoms with E-state index in [1.54, 1.807) is 29.6 Å². The Morgan fingerprint density at radius 2 is 2.06 bits per heavy atom. The minimum atomic E-state index is -3.57. The van der Waals surface area contributed by atoms with Gasteiger partial charge < -0.3 is 5.73 Å². The zero-order valence-electron chi connectivity index (χ0n) is 9.50. The first kappa shape index (κ1) is 13.2. The zero-order chi connectivity index (χ0) is 13.3. The van der Waals surface area contributed by atoms with Crippen molar-refractivity contribution in [2.75, 3.05) is 17.1 Å². The summed E-state index contributed by atoms with van der Waals surface area (Å²) in [5.41, 5.74) is 6.51. The minimum absolute atomic E-state index is 0.268. The second kappa shape index (κ2) is 4.79. The standard InChI is InChI=1S/C11H11ClN2O2S2/c1-14(10-7-8(12)4-5-9(10)13)18(15,16)11-3-2-6-17-11/h2-7H,13H2,1H3. The van der Waals surface area contributed by atoms with Crippen molar-refractivity contribution in [2.24, 2.45) is 0 Å². The first-order valence-electron chi connectivity index (χ1n) is 5.00. The van der Waals surface area contributed by atoms with Gasteiger partial charge in [-0.1, -0.05) is 17.7 Å². The molecule has 2 rings (SSSR count). The van der Waals surface area contributed by atoms with Crippen molar-refractivity contribution in [1.29, 1.82) is 0 Å². The molecule has 1 aromatic carbocycles. The highest BCUT2D eigenvalue weighted by atomic mass is 35.5. The lowest BCUT2D eigenvalue weighted by molar-refractivity contribution is 0.596. The van der Waals surface area contributed by atoms with E-state index in [0.29, 0.717) is 16.4 Å². The molecule has 0 saturated heterocycles. The molecule has 0 unspecified atom stereocenters. The average Bonchev–Trinajstić information content (AvgIpc) is 2.85. The Morgan fingerprint density at radius 1 is 1.33 bits per heavy atom. The summed E-state index contributed by atoms with van der Waals surface area (Å²) in [6, 6.07) is 7.97. The lowest BCUT2D eigenvalue weighted by atomic mass is 10.3. The fraction of sp³-hybridized carbons (Fsp3) is 0.0909. The van der Waals surface area contributed by atoms with Crippen LogP contribution in [-0.2, 0) is 10.0 Å². The van der Waals surface area contributed by atoms with Gasteiger partial charge in [0.2, 0.25) is 0 Å². The van der Waals surface area contributed by atoms with Gasteiger partial charge in [0.05, 0.1) is 11.4 Å². The molecule has 0 bridgehead atoms. The smallest absolute Gasteiger partial charge is 0.273 e. The summed E-state index contributed by atoms with van der Waals surface area (Å²) in [4.78, 5) is 0. The molecule has 7 heteroatoms. The van der Waals surface area contributed by atoms with E-state index < -0.39 is 10.0 Å². The number of thiophene rings is 1. The topological polar surface area (TPSA) is 63.4 Å². The highest BCUT2D eigenvalue weighted by Crippen LogP contribution is 2.31. The zero-order valence-corrected chi connectivity index (χ0v) is 11.9. The lowest BCUT2D eigenvalue weighted by Gasteiger charge is -2.20. The number of nitrogen functional groups attached to an aromatic ring is 1. The van der Waals surface area contributed by atoms with Crippen LogP contribution in [-0.4, -0.2) is 15.5 Å². The molecular weight excluding hydrogens is 292 g/mol. The number of anilines is 2. The molecule has 2 aromatic rings. The fourth-order valence-electron chi connectivity index (χ4n) is 1.46. The Morgan fingerprint density at radius 3 is 2.67 bits per heavy atom. The van der Waals surface area contributed by atoms with Crippen LogP contribution in [0.2, 0.25) is 5.02 Å². The molecule has 1 heterocycles. The maximum Gasteiger partial charge on any atom is 0.273 e. The summed E-state index contributed by atoms with van der Waals surface area (Å²) in [6.45, 7) is 0. The van der Waals surface area contributed by atoms with Gasteiger partial charge >= 0.3 is 0 Å². The van der Waals surface area contributed by atoms with Crippen molar-refractivity contribution < 1.29 is 8.42 Å². The summed E-state index contributed by atoms with van der Waals surface area (Å²) in [5, 5.41) is 2.15. The summed E-state index contributed by atoms with van der Waals surface area (Å²) in [6.07, 6.45) is 0. The third kappa shape index (κ3) is 2.31. The van der Waals surface area contributed by atoms with E-state index in [4.69, 9.17) is 17.3 Å². The Bertz CT molecular complexity index is 654. The predicted molar refractivity (Wildman–Crippen MR) is 75.8 cm³/mol. The van der Waals surface area contributed by atoms with Crippen LogP contribution >= 0.6 is 22.9 Å². The van der Waals surface area contributed by atoms with Gasteiger partial charge in [0, 0.05) is 12.1 Å². The molecule has 0 saturated carbocycles. The Labute approximate surface area is 115 Å². The molecule has 4 nitrogen and oxygen atoms in total. The van der Waals surface area contributed by atoms with Gasteiger partial charge in [-0.15, -0.1) is 11.3 Å². The molecule has 96 valence electrons. The van der Waals surface area contributed by atoms with Gasteiger partial charge in [-0.05, 0) is 29.6 Å². The predicted octanol–water partition coefficient (Wildman–Crippen LogP) is 2.81. The Kier molecular flexibility index (Phi) is 3.52. The number of hydrogen-bond donors (Lipinski definition) is 1. The molecule has 0 fully saturated rings. The lowest BCUT2D eigenvalue weighted by Crippen LogP contribution is -2.26. The van der Waals surface area contributed by atoms with Crippen molar-refractivity contribution in [3.63, 3.8) is 0 Å². The molecule has 0 aliphatic heterocycles. The number of nitrogens with zero attached hydrogens (tertiary/aromatic N) is 1. The van der Waals surface area contributed by atoms with Crippen molar-refractivity contribution in [3.05, 3.63) is 40.7 Å². The van der Waals surface area contributed by atoms with E-state index in [9.17, 15) is 8.42 Å². The second-order valence-corrected chi connectivity index (χ2v) is 7.19. The normalized spacial score (nSPS) is 11.4. The third-order valence-electron chi connectivity index (χ3n) is 2.44. The molecular formula is C11H11ClN2O2S2. The number of benzene rings is 1. The van der Waals surface area contributed by atoms with Crippen LogP contribution in [0, 0.1) is 0 Å². The van der Waals surface area contributed by atoms with Gasteiger partial charge in [0.15, 0.2) is 0 Å². The van der Waals surface area contributed by atoms with Crippen LogP contribution in [0.4, 0.5) is 11.4 Å². The Hall–Kier alpha value is -1.24. The molecule has 2 N–H and O–H groups in total. The van der Waals surface area contributed by atoms with Crippen molar-refractivity contribution in [1.82, 2.24) is 0 Å². The van der Waals surface area contributed by atoms with Gasteiger partial charge in [-0.25, -0.2) is 8.42 Å². The quantitative estimate of drug-likeness (QED) is 0.887.